The number of amidine groups is 2. The maximum atomic E-state index is 13.2. The molecule has 0 radical (unpaired) electrons. The Morgan fingerprint density at radius 1 is 1.12 bits per heavy atom. The van der Waals surface area contributed by atoms with Crippen LogP contribution >= 0.6 is 11.8 Å². The summed E-state index contributed by atoms with van der Waals surface area (Å²) in [5.74, 6) is -1.13. The van der Waals surface area contributed by atoms with E-state index in [1.54, 1.807) is 47.2 Å². The second-order valence-electron chi connectivity index (χ2n) is 7.01. The molecule has 2 aromatic carbocycles. The van der Waals surface area contributed by atoms with Crippen LogP contribution < -0.4 is 0 Å². The van der Waals surface area contributed by atoms with Crippen LogP contribution in [0, 0.1) is 21.3 Å². The molecule has 162 valence electrons. The number of non-ortho nitro benzene ring substituents is 1. The number of nitrogens with one attached hydrogen (secondary N) is 1. The molecule has 3 heterocycles. The number of fused-ring (bicyclic) bond motifs is 1. The molecule has 0 fully saturated rings. The summed E-state index contributed by atoms with van der Waals surface area (Å²) in [4.78, 5) is 27.4. The lowest BCUT2D eigenvalue weighted by Crippen LogP contribution is -2.35. The summed E-state index contributed by atoms with van der Waals surface area (Å²) in [6, 6.07) is 15.3. The quantitative estimate of drug-likeness (QED) is 0.356. The average molecular weight is 460 g/mol. The molecule has 0 aliphatic carbocycles. The van der Waals surface area contributed by atoms with Gasteiger partial charge in [0.1, 0.15) is 10.9 Å². The molecule has 9 nitrogen and oxygen atoms in total. The zero-order valence-electron chi connectivity index (χ0n) is 16.7. The Balaban J connectivity index is 1.49. The summed E-state index contributed by atoms with van der Waals surface area (Å²) in [5, 5.41) is 26.0. The van der Waals surface area contributed by atoms with Gasteiger partial charge in [0.25, 0.3) is 11.6 Å². The molecule has 0 bridgehead atoms. The number of nitrogens with zero attached hydrogens (tertiary/aromatic N) is 5. The van der Waals surface area contributed by atoms with Gasteiger partial charge in [0, 0.05) is 29.6 Å². The Morgan fingerprint density at radius 3 is 2.67 bits per heavy atom. The second-order valence-corrected chi connectivity index (χ2v) is 7.97. The highest BCUT2D eigenvalue weighted by molar-refractivity contribution is 8.27. The fourth-order valence-corrected chi connectivity index (χ4v) is 4.25. The highest BCUT2D eigenvalue weighted by atomic mass is 32.2. The molecule has 0 saturated carbocycles. The van der Waals surface area contributed by atoms with Crippen molar-refractivity contribution >= 4 is 45.5 Å². The topological polar surface area (TPSA) is 117 Å². The van der Waals surface area contributed by atoms with Gasteiger partial charge >= 0.3 is 0 Å². The smallest absolute Gasteiger partial charge is 0.283 e. The maximum absolute atomic E-state index is 13.2. The van der Waals surface area contributed by atoms with Gasteiger partial charge in [0.15, 0.2) is 5.84 Å². The van der Waals surface area contributed by atoms with Gasteiger partial charge in [-0.2, -0.15) is 15.1 Å². The van der Waals surface area contributed by atoms with Gasteiger partial charge < -0.3 is 4.57 Å². The average Bonchev–Trinajstić information content (AvgIpc) is 3.44. The van der Waals surface area contributed by atoms with Gasteiger partial charge in [-0.3, -0.25) is 20.3 Å². The van der Waals surface area contributed by atoms with Gasteiger partial charge in [0.2, 0.25) is 5.17 Å². The van der Waals surface area contributed by atoms with Crippen molar-refractivity contribution in [3.63, 3.8) is 0 Å². The van der Waals surface area contributed by atoms with E-state index in [4.69, 9.17) is 5.41 Å². The minimum Gasteiger partial charge on any atom is -0.317 e. The zero-order valence-corrected chi connectivity index (χ0v) is 17.5. The number of benzene rings is 2. The molecule has 0 atom stereocenters. The third-order valence-corrected chi connectivity index (χ3v) is 5.89. The minimum atomic E-state index is -0.596. The number of aromatic nitrogens is 1. The molecule has 33 heavy (non-hydrogen) atoms. The van der Waals surface area contributed by atoms with Crippen LogP contribution in [-0.2, 0) is 4.79 Å². The lowest BCUT2D eigenvalue weighted by Gasteiger charge is -2.20. The number of carbonyl (C=O) groups is 1. The van der Waals surface area contributed by atoms with E-state index >= 15 is 0 Å². The van der Waals surface area contributed by atoms with Crippen LogP contribution in [0.4, 0.5) is 10.1 Å². The fourth-order valence-electron chi connectivity index (χ4n) is 3.35. The molecule has 0 saturated heterocycles. The number of amides is 1. The summed E-state index contributed by atoms with van der Waals surface area (Å²) in [6.07, 6.45) is 3.20. The number of nitro benzene ring substituents is 1. The molecular weight excluding hydrogens is 447 g/mol. The highest BCUT2D eigenvalue weighted by Gasteiger charge is 2.36. The molecule has 2 aliphatic rings. The number of hydrazone groups is 1. The van der Waals surface area contributed by atoms with Crippen LogP contribution in [0.1, 0.15) is 11.3 Å². The Bertz CT molecular complexity index is 1420. The summed E-state index contributed by atoms with van der Waals surface area (Å²) in [6.45, 7) is 0. The van der Waals surface area contributed by atoms with E-state index in [9.17, 15) is 19.3 Å². The lowest BCUT2D eigenvalue weighted by atomic mass is 10.1. The lowest BCUT2D eigenvalue weighted by molar-refractivity contribution is -0.384. The first-order valence-electron chi connectivity index (χ1n) is 9.59. The predicted octanol–water partition coefficient (Wildman–Crippen LogP) is 4.19. The van der Waals surface area contributed by atoms with E-state index in [1.807, 2.05) is 0 Å². The molecule has 1 N–H and O–H groups in total. The van der Waals surface area contributed by atoms with E-state index < -0.39 is 10.8 Å². The van der Waals surface area contributed by atoms with Crippen LogP contribution in [0.3, 0.4) is 0 Å². The molecule has 3 aromatic rings. The van der Waals surface area contributed by atoms with Crippen LogP contribution in [0.15, 0.2) is 82.5 Å². The van der Waals surface area contributed by atoms with E-state index in [0.29, 0.717) is 22.0 Å². The molecular formula is C22H13FN6O3S. The number of hydrogen-bond donors (Lipinski definition) is 1. The summed E-state index contributed by atoms with van der Waals surface area (Å²) >= 11 is 1.12. The van der Waals surface area contributed by atoms with Crippen molar-refractivity contribution in [3.05, 3.63) is 99.6 Å². The summed E-state index contributed by atoms with van der Waals surface area (Å²) < 4.78 is 14.9. The van der Waals surface area contributed by atoms with Crippen LogP contribution in [0.25, 0.3) is 11.8 Å². The number of halogens is 1. The molecule has 1 aromatic heterocycles. The number of thioether (sulfide) groups is 1. The summed E-state index contributed by atoms with van der Waals surface area (Å²) in [5.41, 5.74) is 1.68. The van der Waals surface area contributed by atoms with Crippen molar-refractivity contribution in [2.24, 2.45) is 10.1 Å². The van der Waals surface area contributed by atoms with Crippen molar-refractivity contribution in [3.8, 4) is 5.69 Å². The van der Waals surface area contributed by atoms with Gasteiger partial charge in [0.05, 0.1) is 16.2 Å². The number of aliphatic imine (C=N–C) groups is 1. The van der Waals surface area contributed by atoms with E-state index in [1.165, 1.54) is 35.4 Å². The third kappa shape index (κ3) is 3.74. The Labute approximate surface area is 190 Å². The SMILES string of the molecule is N=C1/C(=C/c2cccn2-c2cccc([N+](=O)[O-])c2)C(=O)N=C2SC(c3ccc(F)cc3)=NN12. The Hall–Kier alpha value is -4.38. The van der Waals surface area contributed by atoms with Crippen LogP contribution in [-0.4, -0.2) is 36.5 Å². The Kier molecular flexibility index (Phi) is 4.94. The molecule has 1 amide bonds. The van der Waals surface area contributed by atoms with Crippen molar-refractivity contribution < 1.29 is 14.1 Å². The predicted molar refractivity (Wildman–Crippen MR) is 123 cm³/mol. The number of nitro groups is 1. The maximum Gasteiger partial charge on any atom is 0.283 e. The molecule has 2 aliphatic heterocycles. The van der Waals surface area contributed by atoms with Gasteiger partial charge in [-0.25, -0.2) is 4.39 Å². The monoisotopic (exact) mass is 460 g/mol. The Morgan fingerprint density at radius 2 is 1.91 bits per heavy atom. The largest absolute Gasteiger partial charge is 0.317 e. The highest BCUT2D eigenvalue weighted by Crippen LogP contribution is 2.31. The van der Waals surface area contributed by atoms with Gasteiger partial charge in [-0.1, -0.05) is 6.07 Å². The van der Waals surface area contributed by atoms with Crippen molar-refractivity contribution in [2.45, 2.75) is 0 Å². The first-order chi connectivity index (χ1) is 15.9. The molecule has 0 unspecified atom stereocenters. The third-order valence-electron chi connectivity index (χ3n) is 4.94. The zero-order chi connectivity index (χ0) is 23.1. The molecule has 11 heteroatoms. The van der Waals surface area contributed by atoms with Crippen molar-refractivity contribution in [1.82, 2.24) is 9.58 Å². The molecule has 5 rings (SSSR count). The number of rotatable bonds is 4. The van der Waals surface area contributed by atoms with E-state index in [0.717, 1.165) is 11.8 Å². The minimum absolute atomic E-state index is 0.0221. The van der Waals surface area contributed by atoms with E-state index in [2.05, 4.69) is 10.1 Å². The second kappa shape index (κ2) is 7.95. The number of carbonyl (C=O) groups excluding carboxylic acids is 1. The van der Waals surface area contributed by atoms with Crippen LogP contribution in [0.2, 0.25) is 0 Å². The summed E-state index contributed by atoms with van der Waals surface area (Å²) in [7, 11) is 0. The van der Waals surface area contributed by atoms with Crippen molar-refractivity contribution in [2.75, 3.05) is 0 Å². The molecule has 0 spiro atoms. The van der Waals surface area contributed by atoms with Gasteiger partial charge in [-0.05, 0) is 60.3 Å². The van der Waals surface area contributed by atoms with Crippen molar-refractivity contribution in [1.29, 1.82) is 5.41 Å². The van der Waals surface area contributed by atoms with Gasteiger partial charge in [-0.15, -0.1) is 0 Å². The van der Waals surface area contributed by atoms with Crippen LogP contribution in [0.5, 0.6) is 0 Å². The first-order valence-corrected chi connectivity index (χ1v) is 10.4. The number of hydrogen-bond acceptors (Lipinski definition) is 6. The standard InChI is InChI=1S/C22H13FN6O3S/c23-14-8-6-13(7-9-14)21-26-28-19(24)18(20(30)25-22(28)33-21)12-16-5-2-10-27(16)15-3-1-4-17(11-15)29(31)32/h1-12,24H/b18-12-,24-19?. The first kappa shape index (κ1) is 20.5. The fraction of sp³-hybridized carbons (Fsp3) is 0. The van der Waals surface area contributed by atoms with E-state index in [-0.39, 0.29) is 28.1 Å². The normalized spacial score (nSPS) is 16.6.